The number of hydrazone groups is 1. The van der Waals surface area contributed by atoms with Crippen LogP contribution < -0.4 is 37.6 Å². The van der Waals surface area contributed by atoms with Crippen LogP contribution in [0.15, 0.2) is 58.6 Å². The number of nitrogens with zero attached hydrogens (tertiary/aromatic N) is 5. The topological polar surface area (TPSA) is 207 Å². The van der Waals surface area contributed by atoms with E-state index in [1.807, 2.05) is 53.4 Å². The first-order chi connectivity index (χ1) is 27.4. The van der Waals surface area contributed by atoms with Crippen molar-refractivity contribution in [1.82, 2.24) is 25.5 Å². The molecular weight excluding hydrogens is 711 g/mol. The smallest absolute Gasteiger partial charge is 0.323 e. The zero-order valence-corrected chi connectivity index (χ0v) is 32.9. The fourth-order valence-corrected chi connectivity index (χ4v) is 6.99. The second-order valence-corrected chi connectivity index (χ2v) is 14.6. The number of carbonyl (C=O) groups is 2. The van der Waals surface area contributed by atoms with Gasteiger partial charge in [0.25, 0.3) is 0 Å². The summed E-state index contributed by atoms with van der Waals surface area (Å²) < 4.78 is 10.8. The van der Waals surface area contributed by atoms with Gasteiger partial charge in [0.05, 0.1) is 24.9 Å². The number of nitrogens with two attached hydrogens (primary N) is 2. The number of carbonyl (C=O) groups excluding carboxylic acids is 2. The highest BCUT2D eigenvalue weighted by Crippen LogP contribution is 2.28. The third-order valence-corrected chi connectivity index (χ3v) is 10.3. The van der Waals surface area contributed by atoms with E-state index in [2.05, 4.69) is 31.4 Å². The van der Waals surface area contributed by atoms with Crippen molar-refractivity contribution >= 4 is 46.5 Å². The number of esters is 1. The minimum Gasteiger partial charge on any atom is -0.497 e. The van der Waals surface area contributed by atoms with Crippen molar-refractivity contribution < 1.29 is 19.1 Å². The van der Waals surface area contributed by atoms with Gasteiger partial charge in [0.1, 0.15) is 24.2 Å². The van der Waals surface area contributed by atoms with Gasteiger partial charge in [-0.3, -0.25) is 14.6 Å². The number of hydrogen-bond acceptors (Lipinski definition) is 14. The van der Waals surface area contributed by atoms with Crippen LogP contribution in [-0.4, -0.2) is 110 Å². The molecule has 56 heavy (non-hydrogen) atoms. The Morgan fingerprint density at radius 3 is 2.54 bits per heavy atom. The lowest BCUT2D eigenvalue weighted by Crippen LogP contribution is -2.43. The molecule has 15 heteroatoms. The largest absolute Gasteiger partial charge is 0.497 e. The second-order valence-electron chi connectivity index (χ2n) is 14.6. The van der Waals surface area contributed by atoms with Gasteiger partial charge >= 0.3 is 5.97 Å². The third-order valence-electron chi connectivity index (χ3n) is 10.3. The number of methoxy groups -OCH3 is 1. The molecule has 1 aliphatic heterocycles. The molecule has 0 unspecified atom stereocenters. The van der Waals surface area contributed by atoms with Crippen molar-refractivity contribution in [2.75, 3.05) is 63.6 Å². The van der Waals surface area contributed by atoms with Gasteiger partial charge < -0.3 is 47.2 Å². The molecule has 5 rings (SSSR count). The summed E-state index contributed by atoms with van der Waals surface area (Å²) in [7, 11) is 1.62. The fourth-order valence-electron chi connectivity index (χ4n) is 6.99. The van der Waals surface area contributed by atoms with Gasteiger partial charge in [-0.2, -0.15) is 10.1 Å². The number of fused-ring (bicyclic) bond motifs is 1. The Hall–Kier alpha value is -4.86. The number of aliphatic imine (C=N–C) groups is 1. The highest BCUT2D eigenvalue weighted by atomic mass is 16.5. The second kappa shape index (κ2) is 23.3. The molecule has 1 saturated carbocycles. The van der Waals surface area contributed by atoms with Gasteiger partial charge in [-0.25, -0.2) is 4.98 Å². The molecule has 1 aromatic heterocycles. The van der Waals surface area contributed by atoms with Crippen LogP contribution in [0.5, 0.6) is 5.75 Å². The van der Waals surface area contributed by atoms with Gasteiger partial charge in [0.15, 0.2) is 0 Å². The zero-order chi connectivity index (χ0) is 39.4. The lowest BCUT2D eigenvalue weighted by atomic mass is 9.95. The Labute approximate surface area is 330 Å². The molecule has 3 aromatic rings. The minimum absolute atomic E-state index is 0.0218. The highest BCUT2D eigenvalue weighted by molar-refractivity contribution is 6.32. The fraction of sp³-hybridized carbons (Fsp3) is 0.561. The van der Waals surface area contributed by atoms with E-state index in [0.29, 0.717) is 61.0 Å². The quantitative estimate of drug-likeness (QED) is 0.0282. The summed E-state index contributed by atoms with van der Waals surface area (Å²) in [5.74, 6) is 6.96. The van der Waals surface area contributed by atoms with Crippen LogP contribution in [0.1, 0.15) is 76.2 Å². The first-order valence-corrected chi connectivity index (χ1v) is 20.2. The molecule has 2 aliphatic rings. The van der Waals surface area contributed by atoms with Crippen LogP contribution in [-0.2, 0) is 20.9 Å². The number of amides is 1. The number of aromatic nitrogens is 2. The Morgan fingerprint density at radius 1 is 0.982 bits per heavy atom. The summed E-state index contributed by atoms with van der Waals surface area (Å²) in [6.45, 7) is 5.28. The van der Waals surface area contributed by atoms with E-state index in [1.165, 1.54) is 32.1 Å². The summed E-state index contributed by atoms with van der Waals surface area (Å²) in [6, 6.07) is 15.1. The minimum atomic E-state index is -0.852. The van der Waals surface area contributed by atoms with E-state index in [9.17, 15) is 9.59 Å². The van der Waals surface area contributed by atoms with Crippen LogP contribution in [0, 0.1) is 0 Å². The summed E-state index contributed by atoms with van der Waals surface area (Å²) >= 11 is 0. The molecule has 2 heterocycles. The Kier molecular flexibility index (Phi) is 17.6. The summed E-state index contributed by atoms with van der Waals surface area (Å²) in [6.07, 6.45) is 12.4. The number of piperidine rings is 1. The number of likely N-dealkylation sites (tertiary alicyclic amines) is 1. The van der Waals surface area contributed by atoms with Gasteiger partial charge in [-0.05, 0) is 82.3 Å². The zero-order valence-electron chi connectivity index (χ0n) is 32.9. The SMILES string of the molecule is COc1ccc2c(NC3CCN(C(=O)CC[C@H](N)C(=O)OCc4ccccc4)CC3)nc(NCC(C=NCCCNCCCNC3CCCCC3)=NN)nc2c1. The maximum atomic E-state index is 13.0. The van der Waals surface area contributed by atoms with Crippen molar-refractivity contribution in [3.63, 3.8) is 0 Å². The number of anilines is 2. The van der Waals surface area contributed by atoms with Crippen molar-refractivity contribution in [3.8, 4) is 5.75 Å². The van der Waals surface area contributed by atoms with E-state index in [0.717, 1.165) is 56.3 Å². The van der Waals surface area contributed by atoms with Crippen molar-refractivity contribution in [2.24, 2.45) is 21.7 Å². The van der Waals surface area contributed by atoms with E-state index in [4.69, 9.17) is 31.0 Å². The van der Waals surface area contributed by atoms with E-state index in [1.54, 1.807) is 13.3 Å². The molecular formula is C41H61N11O4. The predicted molar refractivity (Wildman–Crippen MR) is 223 cm³/mol. The summed E-state index contributed by atoms with van der Waals surface area (Å²) in [4.78, 5) is 41.3. The van der Waals surface area contributed by atoms with E-state index >= 15 is 0 Å². The standard InChI is InChI=1S/C41H61N11O4/c1-55-34-14-15-35-37(26-34)49-41(47-28-33(51-43)27-45-22-8-20-44-21-9-23-46-31-12-6-3-7-13-31)50-39(35)48-32-18-24-52(25-19-32)38(53)17-16-36(42)40(54)56-29-30-10-4-2-5-11-30/h2,4-5,10-11,14-15,26-27,31-32,36,44,46H,3,6-9,12-13,16-25,28-29,42-43H2,1H3,(H2,47,48,49,50)/t36-/m0/s1. The molecule has 8 N–H and O–H groups in total. The van der Waals surface area contributed by atoms with Crippen LogP contribution >= 0.6 is 0 Å². The predicted octanol–water partition coefficient (Wildman–Crippen LogP) is 3.98. The molecule has 0 spiro atoms. The normalized spacial score (nSPS) is 16.2. The van der Waals surface area contributed by atoms with Crippen molar-refractivity contribution in [2.45, 2.75) is 95.4 Å². The van der Waals surface area contributed by atoms with Gasteiger partial charge in [-0.15, -0.1) is 0 Å². The molecule has 1 saturated heterocycles. The average Bonchev–Trinajstić information content (AvgIpc) is 3.24. The maximum absolute atomic E-state index is 13.0. The van der Waals surface area contributed by atoms with Crippen LogP contribution in [0.25, 0.3) is 10.9 Å². The molecule has 1 atom stereocenters. The van der Waals surface area contributed by atoms with E-state index in [-0.39, 0.29) is 31.4 Å². The lowest BCUT2D eigenvalue weighted by Gasteiger charge is -2.33. The molecule has 15 nitrogen and oxygen atoms in total. The third kappa shape index (κ3) is 14.0. The summed E-state index contributed by atoms with van der Waals surface area (Å²) in [5, 5.41) is 18.8. The Morgan fingerprint density at radius 2 is 1.77 bits per heavy atom. The number of nitrogens with one attached hydrogen (secondary N) is 4. The van der Waals surface area contributed by atoms with Crippen molar-refractivity contribution in [1.29, 1.82) is 0 Å². The molecule has 304 valence electrons. The number of ether oxygens (including phenoxy) is 2. The van der Waals surface area contributed by atoms with Gasteiger partial charge in [-0.1, -0.05) is 49.6 Å². The number of rotatable bonds is 22. The van der Waals surface area contributed by atoms with Crippen LogP contribution in [0.3, 0.4) is 0 Å². The van der Waals surface area contributed by atoms with Crippen molar-refractivity contribution in [3.05, 3.63) is 54.1 Å². The molecule has 0 radical (unpaired) electrons. The molecule has 2 aromatic carbocycles. The molecule has 0 bridgehead atoms. The number of benzene rings is 2. The van der Waals surface area contributed by atoms with Crippen LogP contribution in [0.2, 0.25) is 0 Å². The van der Waals surface area contributed by atoms with Gasteiger partial charge in [0.2, 0.25) is 11.9 Å². The van der Waals surface area contributed by atoms with Crippen LogP contribution in [0.4, 0.5) is 11.8 Å². The monoisotopic (exact) mass is 771 g/mol. The van der Waals surface area contributed by atoms with Gasteiger partial charge in [0, 0.05) is 55.8 Å². The number of hydrogen-bond donors (Lipinski definition) is 6. The highest BCUT2D eigenvalue weighted by Gasteiger charge is 2.25. The Balaban J connectivity index is 1.04. The maximum Gasteiger partial charge on any atom is 0.323 e. The molecule has 1 amide bonds. The summed E-state index contributed by atoms with van der Waals surface area (Å²) in [5.41, 5.74) is 8.24. The first-order valence-electron chi connectivity index (χ1n) is 20.2. The lowest BCUT2D eigenvalue weighted by molar-refractivity contribution is -0.146. The molecule has 2 fully saturated rings. The average molecular weight is 772 g/mol. The molecule has 1 aliphatic carbocycles. The Bertz CT molecular complexity index is 1710. The van der Waals surface area contributed by atoms with E-state index < -0.39 is 12.0 Å². The first kappa shape index (κ1) is 42.3.